The minimum Gasteiger partial charge on any atom is -0.494 e. The van der Waals surface area contributed by atoms with Crippen LogP contribution in [0, 0.1) is 19.7 Å². The van der Waals surface area contributed by atoms with Gasteiger partial charge in [0.1, 0.15) is 6.54 Å². The number of benzene rings is 1. The van der Waals surface area contributed by atoms with Crippen LogP contribution >= 0.6 is 0 Å². The zero-order valence-corrected chi connectivity index (χ0v) is 17.2. The Morgan fingerprint density at radius 3 is 2.54 bits per heavy atom. The molecule has 0 bridgehead atoms. The van der Waals surface area contributed by atoms with Crippen molar-refractivity contribution >= 4 is 11.8 Å². The molecule has 7 heteroatoms. The number of halogens is 1. The van der Waals surface area contributed by atoms with E-state index in [0.29, 0.717) is 29.1 Å². The van der Waals surface area contributed by atoms with Crippen molar-refractivity contribution in [1.82, 2.24) is 4.98 Å². The van der Waals surface area contributed by atoms with E-state index in [1.165, 1.54) is 13.2 Å². The molecular weight excluding hydrogens is 363 g/mol. The highest BCUT2D eigenvalue weighted by atomic mass is 19.1. The average Bonchev–Trinajstić information content (AvgIpc) is 2.95. The van der Waals surface area contributed by atoms with E-state index in [9.17, 15) is 14.0 Å². The highest BCUT2D eigenvalue weighted by Crippen LogP contribution is 2.20. The Morgan fingerprint density at radius 1 is 1.29 bits per heavy atom. The predicted molar refractivity (Wildman–Crippen MR) is 104 cm³/mol. The molecule has 2 atom stereocenters. The third-order valence-corrected chi connectivity index (χ3v) is 5.00. The van der Waals surface area contributed by atoms with E-state index >= 15 is 0 Å². The van der Waals surface area contributed by atoms with Crippen molar-refractivity contribution in [3.63, 3.8) is 0 Å². The lowest BCUT2D eigenvalue weighted by Crippen LogP contribution is -3.12. The molecule has 2 rings (SSSR count). The van der Waals surface area contributed by atoms with Crippen molar-refractivity contribution in [1.29, 1.82) is 0 Å². The van der Waals surface area contributed by atoms with Gasteiger partial charge in [0.2, 0.25) is 5.78 Å². The number of nitrogens with one attached hydrogen (secondary N) is 2. The van der Waals surface area contributed by atoms with Gasteiger partial charge in [0.05, 0.1) is 32.0 Å². The average molecular weight is 391 g/mol. The van der Waals surface area contributed by atoms with E-state index < -0.39 is 17.8 Å². The summed E-state index contributed by atoms with van der Waals surface area (Å²) in [5, 5.41) is 0. The fraction of sp³-hybridized carbons (Fsp3) is 0.429. The number of hydrogen-bond acceptors (Lipinski definition) is 4. The highest BCUT2D eigenvalue weighted by Gasteiger charge is 2.29. The number of likely N-dealkylation sites (N-methyl/N-ethyl adjacent to an activating group) is 1. The molecule has 1 aromatic heterocycles. The standard InChI is InChI=1S/C21H27FN2O4/c1-7-28-21(26)18-12(2)19(23-13(18)3)20(25)14(4)24(5)11-15-8-9-17(27-6)16(22)10-15/h8-10,14,23H,7,11H2,1-6H3/p+1/t14-/m1/s1. The zero-order chi connectivity index (χ0) is 21.0. The van der Waals surface area contributed by atoms with Crippen LogP contribution in [-0.4, -0.2) is 43.5 Å². The first-order chi connectivity index (χ1) is 13.2. The smallest absolute Gasteiger partial charge is 0.340 e. The molecule has 2 N–H and O–H groups in total. The largest absolute Gasteiger partial charge is 0.494 e. The van der Waals surface area contributed by atoms with E-state index in [1.807, 2.05) is 14.0 Å². The van der Waals surface area contributed by atoms with E-state index in [2.05, 4.69) is 4.98 Å². The SMILES string of the molecule is CCOC(=O)c1c(C)[nH]c(C(=O)[C@@H](C)[NH+](C)Cc2ccc(OC)c(F)c2)c1C. The summed E-state index contributed by atoms with van der Waals surface area (Å²) in [6, 6.07) is 4.39. The molecule has 2 aromatic rings. The third-order valence-electron chi connectivity index (χ3n) is 5.00. The minimum atomic E-state index is -0.435. The number of H-pyrrole nitrogens is 1. The van der Waals surface area contributed by atoms with Crippen LogP contribution < -0.4 is 9.64 Å². The molecule has 0 radical (unpaired) electrons. The number of ether oxygens (including phenoxy) is 2. The molecule has 1 aromatic carbocycles. The quantitative estimate of drug-likeness (QED) is 0.535. The summed E-state index contributed by atoms with van der Waals surface area (Å²) in [6.07, 6.45) is 0. The number of methoxy groups -OCH3 is 1. The number of quaternary nitrogens is 1. The van der Waals surface area contributed by atoms with Gasteiger partial charge in [-0.2, -0.15) is 0 Å². The molecule has 0 aliphatic carbocycles. The fourth-order valence-electron chi connectivity index (χ4n) is 3.24. The number of ketones is 1. The Hall–Kier alpha value is -2.67. The van der Waals surface area contributed by atoms with Gasteiger partial charge in [-0.05, 0) is 51.5 Å². The Kier molecular flexibility index (Phi) is 6.96. The molecule has 152 valence electrons. The number of carbonyl (C=O) groups is 2. The minimum absolute atomic E-state index is 0.109. The summed E-state index contributed by atoms with van der Waals surface area (Å²) in [4.78, 5) is 29.1. The lowest BCUT2D eigenvalue weighted by atomic mass is 10.0. The maximum atomic E-state index is 13.9. The summed E-state index contributed by atoms with van der Waals surface area (Å²) in [6.45, 7) is 7.79. The summed E-state index contributed by atoms with van der Waals surface area (Å²) < 4.78 is 23.9. The van der Waals surface area contributed by atoms with Crippen LogP contribution in [0.4, 0.5) is 4.39 Å². The number of Topliss-reactive ketones (excluding diaryl/α,β-unsaturated/α-hetero) is 1. The molecule has 6 nitrogen and oxygen atoms in total. The molecule has 0 aliphatic rings. The molecule has 1 unspecified atom stereocenters. The number of esters is 1. The molecular formula is C21H28FN2O4+. The number of carbonyl (C=O) groups excluding carboxylic acids is 2. The number of aryl methyl sites for hydroxylation is 1. The van der Waals surface area contributed by atoms with Gasteiger partial charge in [-0.25, -0.2) is 9.18 Å². The van der Waals surface area contributed by atoms with Crippen molar-refractivity contribution in [2.45, 2.75) is 40.3 Å². The first kappa shape index (κ1) is 21.6. The van der Waals surface area contributed by atoms with Crippen molar-refractivity contribution in [2.75, 3.05) is 20.8 Å². The van der Waals surface area contributed by atoms with Crippen LogP contribution in [0.25, 0.3) is 0 Å². The molecule has 1 heterocycles. The Labute approximate surface area is 164 Å². The van der Waals surface area contributed by atoms with E-state index in [0.717, 1.165) is 10.5 Å². The van der Waals surface area contributed by atoms with Crippen LogP contribution in [0.3, 0.4) is 0 Å². The maximum Gasteiger partial charge on any atom is 0.340 e. The van der Waals surface area contributed by atoms with Gasteiger partial charge in [-0.15, -0.1) is 0 Å². The van der Waals surface area contributed by atoms with Crippen LogP contribution in [0.5, 0.6) is 5.75 Å². The number of rotatable bonds is 8. The van der Waals surface area contributed by atoms with Gasteiger partial charge in [0, 0.05) is 11.3 Å². The molecule has 0 saturated carbocycles. The van der Waals surface area contributed by atoms with Gasteiger partial charge in [0.25, 0.3) is 0 Å². The van der Waals surface area contributed by atoms with Crippen LogP contribution in [0.15, 0.2) is 18.2 Å². The Balaban J connectivity index is 2.19. The summed E-state index contributed by atoms with van der Waals surface area (Å²) in [7, 11) is 3.30. The normalized spacial score (nSPS) is 13.1. The second kappa shape index (κ2) is 9.01. The molecule has 0 spiro atoms. The predicted octanol–water partition coefficient (Wildman–Crippen LogP) is 2.24. The Bertz CT molecular complexity index is 876. The molecule has 0 amide bonds. The summed E-state index contributed by atoms with van der Waals surface area (Å²) >= 11 is 0. The van der Waals surface area contributed by atoms with Gasteiger partial charge in [-0.1, -0.05) is 0 Å². The van der Waals surface area contributed by atoms with Gasteiger partial charge >= 0.3 is 5.97 Å². The van der Waals surface area contributed by atoms with Crippen LogP contribution in [0.1, 0.15) is 51.5 Å². The van der Waals surface area contributed by atoms with Crippen LogP contribution in [-0.2, 0) is 11.3 Å². The number of aromatic amines is 1. The molecule has 0 aliphatic heterocycles. The number of hydrogen-bond donors (Lipinski definition) is 2. The number of aromatic nitrogens is 1. The summed E-state index contributed by atoms with van der Waals surface area (Å²) in [5.41, 5.74) is 2.79. The second-order valence-electron chi connectivity index (χ2n) is 6.92. The van der Waals surface area contributed by atoms with Crippen molar-refractivity contribution in [2.24, 2.45) is 0 Å². The maximum absolute atomic E-state index is 13.9. The van der Waals surface area contributed by atoms with Crippen molar-refractivity contribution in [3.05, 3.63) is 52.1 Å². The van der Waals surface area contributed by atoms with E-state index in [4.69, 9.17) is 9.47 Å². The Morgan fingerprint density at radius 2 is 1.96 bits per heavy atom. The van der Waals surface area contributed by atoms with Gasteiger partial charge in [0.15, 0.2) is 17.6 Å². The lowest BCUT2D eigenvalue weighted by molar-refractivity contribution is -0.907. The summed E-state index contributed by atoms with van der Waals surface area (Å²) in [5.74, 6) is -0.784. The topological polar surface area (TPSA) is 72.8 Å². The highest BCUT2D eigenvalue weighted by molar-refractivity contribution is 6.03. The molecule has 0 saturated heterocycles. The van der Waals surface area contributed by atoms with E-state index in [1.54, 1.807) is 32.9 Å². The van der Waals surface area contributed by atoms with Crippen molar-refractivity contribution < 1.29 is 28.4 Å². The van der Waals surface area contributed by atoms with Crippen molar-refractivity contribution in [3.8, 4) is 5.75 Å². The van der Waals surface area contributed by atoms with E-state index in [-0.39, 0.29) is 18.1 Å². The third kappa shape index (κ3) is 4.42. The molecule has 28 heavy (non-hydrogen) atoms. The fourth-order valence-corrected chi connectivity index (χ4v) is 3.24. The lowest BCUT2D eigenvalue weighted by Gasteiger charge is -2.21. The monoisotopic (exact) mass is 391 g/mol. The first-order valence-electron chi connectivity index (χ1n) is 9.26. The van der Waals surface area contributed by atoms with Gasteiger partial charge in [-0.3, -0.25) is 4.79 Å². The first-order valence-corrected chi connectivity index (χ1v) is 9.26. The molecule has 0 fully saturated rings. The van der Waals surface area contributed by atoms with Crippen LogP contribution in [0.2, 0.25) is 0 Å². The van der Waals surface area contributed by atoms with Gasteiger partial charge < -0.3 is 19.4 Å². The second-order valence-corrected chi connectivity index (χ2v) is 6.92. The zero-order valence-electron chi connectivity index (χ0n) is 17.2.